The second-order valence-electron chi connectivity index (χ2n) is 7.72. The Morgan fingerprint density at radius 3 is 2.63 bits per heavy atom. The summed E-state index contributed by atoms with van der Waals surface area (Å²) in [5.74, 6) is 1.37. The highest BCUT2D eigenvalue weighted by Gasteiger charge is 2.16. The third-order valence-corrected chi connectivity index (χ3v) is 5.18. The largest absolute Gasteiger partial charge is 0.494 e. The molecule has 162 valence electrons. The van der Waals surface area contributed by atoms with Crippen molar-refractivity contribution < 1.29 is 19.0 Å². The Morgan fingerprint density at radius 2 is 1.87 bits per heavy atom. The van der Waals surface area contributed by atoms with E-state index in [4.69, 9.17) is 14.2 Å². The highest BCUT2D eigenvalue weighted by molar-refractivity contribution is 6.04. The molecule has 1 saturated heterocycles. The fourth-order valence-corrected chi connectivity index (χ4v) is 3.43. The van der Waals surface area contributed by atoms with Crippen LogP contribution < -0.4 is 14.8 Å². The quantitative estimate of drug-likeness (QED) is 0.445. The standard InChI is InChI=1S/C25H33NO4/c1-2-3-4-5-6-16-28-22-14-12-20(13-15-22)25(27)26-21-9-7-10-23(18-21)30-19-24-11-8-17-29-24/h7,9-10,12-15,18,24H,2-6,8,11,16-17,19H2,1H3,(H,26,27). The van der Waals surface area contributed by atoms with Gasteiger partial charge in [0.15, 0.2) is 0 Å². The SMILES string of the molecule is CCCCCCCOc1ccc(C(=O)Nc2cccc(OCC3CCCO3)c2)cc1. The first-order valence-corrected chi connectivity index (χ1v) is 11.1. The van der Waals surface area contributed by atoms with Crippen molar-refractivity contribution in [3.05, 3.63) is 54.1 Å². The second-order valence-corrected chi connectivity index (χ2v) is 7.72. The van der Waals surface area contributed by atoms with Crippen LogP contribution in [0.15, 0.2) is 48.5 Å². The Hall–Kier alpha value is -2.53. The van der Waals surface area contributed by atoms with E-state index in [-0.39, 0.29) is 12.0 Å². The van der Waals surface area contributed by atoms with Gasteiger partial charge in [-0.1, -0.05) is 38.7 Å². The van der Waals surface area contributed by atoms with Gasteiger partial charge in [0, 0.05) is 23.9 Å². The normalized spacial score (nSPS) is 15.7. The summed E-state index contributed by atoms with van der Waals surface area (Å²) in [5.41, 5.74) is 1.30. The molecular weight excluding hydrogens is 378 g/mol. The molecule has 5 nitrogen and oxygen atoms in total. The number of ether oxygens (including phenoxy) is 3. The van der Waals surface area contributed by atoms with E-state index in [1.54, 1.807) is 12.1 Å². The molecule has 2 aromatic carbocycles. The predicted molar refractivity (Wildman–Crippen MR) is 120 cm³/mol. The van der Waals surface area contributed by atoms with Gasteiger partial charge in [0.1, 0.15) is 18.1 Å². The van der Waals surface area contributed by atoms with Crippen molar-refractivity contribution in [3.8, 4) is 11.5 Å². The maximum atomic E-state index is 12.6. The van der Waals surface area contributed by atoms with E-state index in [2.05, 4.69) is 12.2 Å². The van der Waals surface area contributed by atoms with Gasteiger partial charge in [-0.05, 0) is 55.7 Å². The highest BCUT2D eigenvalue weighted by atomic mass is 16.5. The monoisotopic (exact) mass is 411 g/mol. The molecule has 1 fully saturated rings. The maximum Gasteiger partial charge on any atom is 0.255 e. The molecule has 1 N–H and O–H groups in total. The van der Waals surface area contributed by atoms with Crippen molar-refractivity contribution in [3.63, 3.8) is 0 Å². The molecule has 0 aromatic heterocycles. The Morgan fingerprint density at radius 1 is 1.03 bits per heavy atom. The summed E-state index contributed by atoms with van der Waals surface area (Å²) in [6.45, 7) is 4.28. The fraction of sp³-hybridized carbons (Fsp3) is 0.480. The zero-order chi connectivity index (χ0) is 21.0. The summed E-state index contributed by atoms with van der Waals surface area (Å²) in [5, 5.41) is 2.93. The molecule has 0 spiro atoms. The molecule has 1 aliphatic heterocycles. The van der Waals surface area contributed by atoms with E-state index >= 15 is 0 Å². The van der Waals surface area contributed by atoms with Crippen LogP contribution in [-0.4, -0.2) is 31.8 Å². The molecule has 1 amide bonds. The molecule has 2 aromatic rings. The average molecular weight is 412 g/mol. The van der Waals surface area contributed by atoms with E-state index < -0.39 is 0 Å². The van der Waals surface area contributed by atoms with Gasteiger partial charge in [0.2, 0.25) is 0 Å². The molecule has 0 radical (unpaired) electrons. The number of unbranched alkanes of at least 4 members (excludes halogenated alkanes) is 4. The van der Waals surface area contributed by atoms with Crippen molar-refractivity contribution in [2.24, 2.45) is 0 Å². The molecule has 1 heterocycles. The lowest BCUT2D eigenvalue weighted by Gasteiger charge is -2.13. The Bertz CT molecular complexity index is 769. The van der Waals surface area contributed by atoms with Gasteiger partial charge in [-0.3, -0.25) is 4.79 Å². The van der Waals surface area contributed by atoms with Crippen LogP contribution in [0.1, 0.15) is 62.2 Å². The van der Waals surface area contributed by atoms with Crippen LogP contribution >= 0.6 is 0 Å². The molecule has 0 aliphatic carbocycles. The number of benzene rings is 2. The number of carbonyl (C=O) groups is 1. The van der Waals surface area contributed by atoms with Crippen molar-refractivity contribution in [2.45, 2.75) is 58.0 Å². The van der Waals surface area contributed by atoms with Crippen LogP contribution in [0.25, 0.3) is 0 Å². The minimum absolute atomic E-state index is 0.155. The number of hydrogen-bond donors (Lipinski definition) is 1. The van der Waals surface area contributed by atoms with E-state index in [1.165, 1.54) is 25.7 Å². The van der Waals surface area contributed by atoms with Gasteiger partial charge in [0.05, 0.1) is 12.7 Å². The molecule has 5 heteroatoms. The lowest BCUT2D eigenvalue weighted by atomic mass is 10.1. The number of nitrogens with one attached hydrogen (secondary N) is 1. The second kappa shape index (κ2) is 12.2. The molecule has 0 bridgehead atoms. The summed E-state index contributed by atoms with van der Waals surface area (Å²) in [4.78, 5) is 12.6. The van der Waals surface area contributed by atoms with E-state index in [1.807, 2.05) is 36.4 Å². The van der Waals surface area contributed by atoms with Crippen LogP contribution in [-0.2, 0) is 4.74 Å². The zero-order valence-electron chi connectivity index (χ0n) is 17.9. The number of carbonyl (C=O) groups excluding carboxylic acids is 1. The summed E-state index contributed by atoms with van der Waals surface area (Å²) in [7, 11) is 0. The molecule has 1 unspecified atom stereocenters. The van der Waals surface area contributed by atoms with Crippen LogP contribution in [0, 0.1) is 0 Å². The number of rotatable bonds is 12. The first-order valence-electron chi connectivity index (χ1n) is 11.1. The molecule has 3 rings (SSSR count). The molecule has 1 aliphatic rings. The molecule has 30 heavy (non-hydrogen) atoms. The van der Waals surface area contributed by atoms with Crippen molar-refractivity contribution in [1.29, 1.82) is 0 Å². The van der Waals surface area contributed by atoms with Crippen molar-refractivity contribution in [2.75, 3.05) is 25.1 Å². The van der Waals surface area contributed by atoms with E-state index in [0.29, 0.717) is 24.5 Å². The van der Waals surface area contributed by atoms with Crippen LogP contribution in [0.3, 0.4) is 0 Å². The Balaban J connectivity index is 1.44. The third-order valence-electron chi connectivity index (χ3n) is 5.18. The number of anilines is 1. The zero-order valence-corrected chi connectivity index (χ0v) is 17.9. The molecule has 0 saturated carbocycles. The van der Waals surface area contributed by atoms with E-state index in [9.17, 15) is 4.79 Å². The minimum atomic E-state index is -0.155. The fourth-order valence-electron chi connectivity index (χ4n) is 3.43. The van der Waals surface area contributed by atoms with Gasteiger partial charge < -0.3 is 19.5 Å². The third kappa shape index (κ3) is 7.38. The average Bonchev–Trinajstić information content (AvgIpc) is 3.29. The summed E-state index contributed by atoms with van der Waals surface area (Å²) < 4.78 is 17.2. The van der Waals surface area contributed by atoms with Gasteiger partial charge in [0.25, 0.3) is 5.91 Å². The Labute approximate surface area is 179 Å². The smallest absolute Gasteiger partial charge is 0.255 e. The predicted octanol–water partition coefficient (Wildman–Crippen LogP) is 5.85. The maximum absolute atomic E-state index is 12.6. The van der Waals surface area contributed by atoms with Crippen molar-refractivity contribution in [1.82, 2.24) is 0 Å². The first-order chi connectivity index (χ1) is 14.7. The van der Waals surface area contributed by atoms with Gasteiger partial charge in [-0.25, -0.2) is 0 Å². The van der Waals surface area contributed by atoms with E-state index in [0.717, 1.165) is 37.4 Å². The van der Waals surface area contributed by atoms with Crippen LogP contribution in [0.4, 0.5) is 5.69 Å². The summed E-state index contributed by atoms with van der Waals surface area (Å²) in [6.07, 6.45) is 8.35. The molecular formula is C25H33NO4. The topological polar surface area (TPSA) is 56.8 Å². The molecule has 1 atom stereocenters. The lowest BCUT2D eigenvalue weighted by Crippen LogP contribution is -2.16. The van der Waals surface area contributed by atoms with Gasteiger partial charge >= 0.3 is 0 Å². The summed E-state index contributed by atoms with van der Waals surface area (Å²) >= 11 is 0. The van der Waals surface area contributed by atoms with Gasteiger partial charge in [-0.15, -0.1) is 0 Å². The summed E-state index contributed by atoms with van der Waals surface area (Å²) in [6, 6.07) is 14.7. The van der Waals surface area contributed by atoms with Crippen LogP contribution in [0.2, 0.25) is 0 Å². The first kappa shape index (κ1) is 22.2. The van der Waals surface area contributed by atoms with Crippen LogP contribution in [0.5, 0.6) is 11.5 Å². The number of hydrogen-bond acceptors (Lipinski definition) is 4. The van der Waals surface area contributed by atoms with Gasteiger partial charge in [-0.2, -0.15) is 0 Å². The lowest BCUT2D eigenvalue weighted by molar-refractivity contribution is 0.0680. The highest BCUT2D eigenvalue weighted by Crippen LogP contribution is 2.21. The minimum Gasteiger partial charge on any atom is -0.494 e. The Kier molecular flexibility index (Phi) is 9.04. The number of amides is 1. The van der Waals surface area contributed by atoms with Crippen molar-refractivity contribution >= 4 is 11.6 Å².